The van der Waals surface area contributed by atoms with Gasteiger partial charge in [-0.25, -0.2) is 4.98 Å². The van der Waals surface area contributed by atoms with Gasteiger partial charge in [0.25, 0.3) is 0 Å². The topological polar surface area (TPSA) is 50.3 Å². The lowest BCUT2D eigenvalue weighted by atomic mass is 10.0. The quantitative estimate of drug-likeness (QED) is 0.935. The number of hydrogen-bond acceptors (Lipinski definition) is 5. The monoisotopic (exact) mass is 284 g/mol. The van der Waals surface area contributed by atoms with Crippen molar-refractivity contribution in [3.63, 3.8) is 0 Å². The minimum atomic E-state index is 0.498. The third kappa shape index (κ3) is 3.42. The first-order valence-electron chi connectivity index (χ1n) is 7.27. The van der Waals surface area contributed by atoms with E-state index >= 15 is 0 Å². The van der Waals surface area contributed by atoms with Crippen molar-refractivity contribution in [1.29, 1.82) is 0 Å². The molecule has 0 saturated carbocycles. The molecule has 0 unspecified atom stereocenters. The van der Waals surface area contributed by atoms with Crippen molar-refractivity contribution in [3.8, 4) is 5.88 Å². The molecule has 0 radical (unpaired) electrons. The normalized spacial score (nSPS) is 15.8. The molecule has 2 aromatic heterocycles. The molecule has 5 nitrogen and oxygen atoms in total. The maximum atomic E-state index is 5.07. The first-order valence-corrected chi connectivity index (χ1v) is 7.27. The molecule has 1 saturated heterocycles. The molecule has 21 heavy (non-hydrogen) atoms. The average Bonchev–Trinajstić information content (AvgIpc) is 2.57. The lowest BCUT2D eigenvalue weighted by Crippen LogP contribution is -2.39. The second kappa shape index (κ2) is 6.43. The van der Waals surface area contributed by atoms with Crippen molar-refractivity contribution < 1.29 is 4.74 Å². The van der Waals surface area contributed by atoms with E-state index in [1.54, 1.807) is 7.11 Å². The first-order chi connectivity index (χ1) is 10.3. The zero-order valence-electron chi connectivity index (χ0n) is 12.2. The van der Waals surface area contributed by atoms with E-state index in [9.17, 15) is 0 Å². The molecule has 1 aliphatic heterocycles. The summed E-state index contributed by atoms with van der Waals surface area (Å²) in [4.78, 5) is 10.7. The van der Waals surface area contributed by atoms with E-state index in [0.717, 1.165) is 31.6 Å². The predicted molar refractivity (Wildman–Crippen MR) is 83.9 cm³/mol. The van der Waals surface area contributed by atoms with E-state index < -0.39 is 0 Å². The highest BCUT2D eigenvalue weighted by Gasteiger charge is 2.19. The standard InChI is InChI=1S/C16H20N4O/c1-21-16-3-2-14(12-18-16)19-13-6-10-20(11-7-13)15-4-8-17-9-5-15/h2-5,8-9,12-13,19H,6-7,10-11H2,1H3. The molecule has 1 N–H and O–H groups in total. The van der Waals surface area contributed by atoms with Gasteiger partial charge in [-0.2, -0.15) is 0 Å². The predicted octanol–water partition coefficient (Wildman–Crippen LogP) is 2.57. The van der Waals surface area contributed by atoms with Gasteiger partial charge in [0, 0.05) is 43.3 Å². The van der Waals surface area contributed by atoms with E-state index in [4.69, 9.17) is 4.74 Å². The van der Waals surface area contributed by atoms with Crippen LogP contribution in [0.2, 0.25) is 0 Å². The number of aromatic nitrogens is 2. The summed E-state index contributed by atoms with van der Waals surface area (Å²) in [5.74, 6) is 0.646. The summed E-state index contributed by atoms with van der Waals surface area (Å²) in [6.45, 7) is 2.12. The van der Waals surface area contributed by atoms with Gasteiger partial charge >= 0.3 is 0 Å². The summed E-state index contributed by atoms with van der Waals surface area (Å²) in [5, 5.41) is 3.55. The molecule has 3 rings (SSSR count). The van der Waals surface area contributed by atoms with Crippen LogP contribution in [0.25, 0.3) is 0 Å². The van der Waals surface area contributed by atoms with Gasteiger partial charge in [0.1, 0.15) is 0 Å². The van der Waals surface area contributed by atoms with Crippen molar-refractivity contribution in [1.82, 2.24) is 9.97 Å². The Morgan fingerprint density at radius 1 is 1.14 bits per heavy atom. The molecule has 5 heteroatoms. The second-order valence-electron chi connectivity index (χ2n) is 5.20. The van der Waals surface area contributed by atoms with Crippen LogP contribution in [0.1, 0.15) is 12.8 Å². The highest BCUT2D eigenvalue weighted by atomic mass is 16.5. The zero-order chi connectivity index (χ0) is 14.5. The van der Waals surface area contributed by atoms with Crippen LogP contribution in [0, 0.1) is 0 Å². The van der Waals surface area contributed by atoms with Gasteiger partial charge in [-0.05, 0) is 31.0 Å². The third-order valence-corrected chi connectivity index (χ3v) is 3.84. The van der Waals surface area contributed by atoms with Crippen molar-refractivity contribution >= 4 is 11.4 Å². The molecular weight excluding hydrogens is 264 g/mol. The van der Waals surface area contributed by atoms with Crippen LogP contribution in [0.5, 0.6) is 5.88 Å². The Bertz CT molecular complexity index is 550. The summed E-state index contributed by atoms with van der Waals surface area (Å²) in [5.41, 5.74) is 2.31. The third-order valence-electron chi connectivity index (χ3n) is 3.84. The number of nitrogens with one attached hydrogen (secondary N) is 1. The van der Waals surface area contributed by atoms with E-state index in [1.165, 1.54) is 5.69 Å². The van der Waals surface area contributed by atoms with Crippen LogP contribution >= 0.6 is 0 Å². The Balaban J connectivity index is 1.53. The Labute approximate surface area is 125 Å². The van der Waals surface area contributed by atoms with Crippen LogP contribution < -0.4 is 15.0 Å². The number of pyridine rings is 2. The molecule has 0 atom stereocenters. The fraction of sp³-hybridized carbons (Fsp3) is 0.375. The Morgan fingerprint density at radius 3 is 2.52 bits per heavy atom. The van der Waals surface area contributed by atoms with Gasteiger partial charge in [-0.1, -0.05) is 0 Å². The molecule has 110 valence electrons. The highest BCUT2D eigenvalue weighted by Crippen LogP contribution is 2.21. The number of rotatable bonds is 4. The first kappa shape index (κ1) is 13.7. The van der Waals surface area contributed by atoms with E-state index in [1.807, 2.05) is 30.7 Å². The number of methoxy groups -OCH3 is 1. The molecule has 0 aromatic carbocycles. The van der Waals surface area contributed by atoms with Crippen molar-refractivity contribution in [2.24, 2.45) is 0 Å². The molecule has 0 bridgehead atoms. The molecule has 1 fully saturated rings. The zero-order valence-corrected chi connectivity index (χ0v) is 12.2. The molecule has 0 amide bonds. The summed E-state index contributed by atoms with van der Waals surface area (Å²) < 4.78 is 5.07. The van der Waals surface area contributed by atoms with Crippen molar-refractivity contribution in [2.75, 3.05) is 30.4 Å². The van der Waals surface area contributed by atoms with Crippen LogP contribution in [0.3, 0.4) is 0 Å². The minimum absolute atomic E-state index is 0.498. The largest absolute Gasteiger partial charge is 0.481 e. The van der Waals surface area contributed by atoms with Gasteiger partial charge < -0.3 is 15.0 Å². The highest BCUT2D eigenvalue weighted by molar-refractivity contribution is 5.46. The Kier molecular flexibility index (Phi) is 4.19. The average molecular weight is 284 g/mol. The van der Waals surface area contributed by atoms with Crippen LogP contribution in [-0.2, 0) is 0 Å². The smallest absolute Gasteiger partial charge is 0.213 e. The lowest BCUT2D eigenvalue weighted by molar-refractivity contribution is 0.398. The van der Waals surface area contributed by atoms with Gasteiger partial charge in [-0.3, -0.25) is 4.98 Å². The van der Waals surface area contributed by atoms with Gasteiger partial charge in [0.05, 0.1) is 19.0 Å². The maximum absolute atomic E-state index is 5.07. The molecule has 1 aliphatic rings. The van der Waals surface area contributed by atoms with Crippen molar-refractivity contribution in [3.05, 3.63) is 42.9 Å². The van der Waals surface area contributed by atoms with E-state index in [-0.39, 0.29) is 0 Å². The minimum Gasteiger partial charge on any atom is -0.481 e. The van der Waals surface area contributed by atoms with Crippen LogP contribution in [0.15, 0.2) is 42.9 Å². The summed E-state index contributed by atoms with van der Waals surface area (Å²) in [7, 11) is 1.63. The lowest BCUT2D eigenvalue weighted by Gasteiger charge is -2.34. The SMILES string of the molecule is COc1ccc(NC2CCN(c3ccncc3)CC2)cn1. The van der Waals surface area contributed by atoms with Crippen molar-refractivity contribution in [2.45, 2.75) is 18.9 Å². The number of nitrogens with zero attached hydrogens (tertiary/aromatic N) is 3. The number of piperidine rings is 1. The maximum Gasteiger partial charge on any atom is 0.213 e. The number of anilines is 2. The summed E-state index contributed by atoms with van der Waals surface area (Å²) in [6.07, 6.45) is 7.77. The Hall–Kier alpha value is -2.30. The summed E-state index contributed by atoms with van der Waals surface area (Å²) in [6, 6.07) is 8.54. The van der Waals surface area contributed by atoms with Gasteiger partial charge in [0.15, 0.2) is 0 Å². The summed E-state index contributed by atoms with van der Waals surface area (Å²) >= 11 is 0. The van der Waals surface area contributed by atoms with E-state index in [2.05, 4.69) is 32.3 Å². The molecular formula is C16H20N4O. The number of hydrogen-bond donors (Lipinski definition) is 1. The fourth-order valence-corrected chi connectivity index (χ4v) is 2.66. The molecule has 2 aromatic rings. The van der Waals surface area contributed by atoms with E-state index in [0.29, 0.717) is 11.9 Å². The van der Waals surface area contributed by atoms with Gasteiger partial charge in [-0.15, -0.1) is 0 Å². The van der Waals surface area contributed by atoms with Gasteiger partial charge in [0.2, 0.25) is 5.88 Å². The fourth-order valence-electron chi connectivity index (χ4n) is 2.66. The molecule has 0 spiro atoms. The van der Waals surface area contributed by atoms with Crippen LogP contribution in [-0.4, -0.2) is 36.2 Å². The second-order valence-corrected chi connectivity index (χ2v) is 5.20. The van der Waals surface area contributed by atoms with Crippen LogP contribution in [0.4, 0.5) is 11.4 Å². The Morgan fingerprint density at radius 2 is 1.90 bits per heavy atom. The molecule has 0 aliphatic carbocycles. The molecule has 3 heterocycles. The number of ether oxygens (including phenoxy) is 1.